The van der Waals surface area contributed by atoms with E-state index in [9.17, 15) is 4.79 Å². The zero-order valence-electron chi connectivity index (χ0n) is 17.0. The molecule has 30 heavy (non-hydrogen) atoms. The molecule has 0 bridgehead atoms. The van der Waals surface area contributed by atoms with Crippen LogP contribution in [0.15, 0.2) is 66.7 Å². The maximum Gasteiger partial charge on any atom is 0.295 e. The van der Waals surface area contributed by atoms with E-state index in [2.05, 4.69) is 22.3 Å². The number of aromatic nitrogens is 3. The number of halogens is 1. The zero-order chi connectivity index (χ0) is 21.3. The second-order valence-electron chi connectivity index (χ2n) is 7.17. The largest absolute Gasteiger partial charge is 0.319 e. The third kappa shape index (κ3) is 3.84. The molecule has 6 heteroatoms. The SMILES string of the molecule is Cc1ccc(-n2nc(C(=O)Nc3cccc(Cl)c3C)nc2-c2ccccc2)cc1C. The van der Waals surface area contributed by atoms with E-state index < -0.39 is 0 Å². The smallest absolute Gasteiger partial charge is 0.295 e. The van der Waals surface area contributed by atoms with Gasteiger partial charge in [-0.1, -0.05) is 54.1 Å². The van der Waals surface area contributed by atoms with Crippen LogP contribution >= 0.6 is 11.6 Å². The summed E-state index contributed by atoms with van der Waals surface area (Å²) < 4.78 is 1.71. The van der Waals surface area contributed by atoms with Gasteiger partial charge in [-0.25, -0.2) is 9.67 Å². The van der Waals surface area contributed by atoms with Gasteiger partial charge in [-0.2, -0.15) is 0 Å². The summed E-state index contributed by atoms with van der Waals surface area (Å²) in [6.45, 7) is 5.96. The van der Waals surface area contributed by atoms with E-state index in [1.165, 1.54) is 5.56 Å². The molecule has 1 aromatic heterocycles. The number of carbonyl (C=O) groups is 1. The van der Waals surface area contributed by atoms with Crippen molar-refractivity contribution < 1.29 is 4.79 Å². The van der Waals surface area contributed by atoms with Crippen molar-refractivity contribution in [3.05, 3.63) is 94.3 Å². The second-order valence-corrected chi connectivity index (χ2v) is 7.58. The van der Waals surface area contributed by atoms with Crippen molar-refractivity contribution >= 4 is 23.2 Å². The van der Waals surface area contributed by atoms with Crippen LogP contribution in [0.5, 0.6) is 0 Å². The van der Waals surface area contributed by atoms with Crippen LogP contribution in [0.3, 0.4) is 0 Å². The number of anilines is 1. The van der Waals surface area contributed by atoms with E-state index in [4.69, 9.17) is 11.6 Å². The fourth-order valence-electron chi connectivity index (χ4n) is 3.14. The van der Waals surface area contributed by atoms with Gasteiger partial charge < -0.3 is 5.32 Å². The number of benzene rings is 3. The quantitative estimate of drug-likeness (QED) is 0.459. The highest BCUT2D eigenvalue weighted by atomic mass is 35.5. The van der Waals surface area contributed by atoms with Gasteiger partial charge in [0.15, 0.2) is 5.82 Å². The summed E-state index contributed by atoms with van der Waals surface area (Å²) in [6, 6.07) is 21.1. The highest BCUT2D eigenvalue weighted by Gasteiger charge is 2.20. The highest BCUT2D eigenvalue weighted by molar-refractivity contribution is 6.31. The number of carbonyl (C=O) groups excluding carboxylic acids is 1. The maximum absolute atomic E-state index is 12.9. The Kier molecular flexibility index (Phi) is 5.38. The van der Waals surface area contributed by atoms with E-state index in [0.29, 0.717) is 16.5 Å². The van der Waals surface area contributed by atoms with E-state index in [0.717, 1.165) is 22.4 Å². The number of nitrogens with zero attached hydrogens (tertiary/aromatic N) is 3. The van der Waals surface area contributed by atoms with Crippen LogP contribution in [0.1, 0.15) is 27.3 Å². The molecule has 0 spiro atoms. The number of amides is 1. The second kappa shape index (κ2) is 8.13. The van der Waals surface area contributed by atoms with Gasteiger partial charge in [0.25, 0.3) is 5.91 Å². The van der Waals surface area contributed by atoms with Gasteiger partial charge in [0.2, 0.25) is 5.82 Å². The Bertz CT molecular complexity index is 1230. The molecule has 1 heterocycles. The Hall–Kier alpha value is -3.44. The molecule has 0 aliphatic carbocycles. The van der Waals surface area contributed by atoms with Gasteiger partial charge in [-0.15, -0.1) is 5.10 Å². The normalized spacial score (nSPS) is 10.8. The van der Waals surface area contributed by atoms with Gasteiger partial charge >= 0.3 is 0 Å². The predicted octanol–water partition coefficient (Wildman–Crippen LogP) is 5.77. The van der Waals surface area contributed by atoms with Gasteiger partial charge in [0.1, 0.15) is 0 Å². The molecule has 4 rings (SSSR count). The molecular weight excluding hydrogens is 396 g/mol. The number of aryl methyl sites for hydroxylation is 2. The molecule has 0 fully saturated rings. The molecule has 0 atom stereocenters. The Morgan fingerprint density at radius 3 is 2.43 bits per heavy atom. The summed E-state index contributed by atoms with van der Waals surface area (Å²) in [6.07, 6.45) is 0. The standard InChI is InChI=1S/C24H21ClN4O/c1-15-12-13-19(14-16(15)2)29-23(18-8-5-4-6-9-18)27-22(28-29)24(30)26-21-11-7-10-20(25)17(21)3/h4-14H,1-3H3,(H,26,30). The molecule has 0 unspecified atom stereocenters. The van der Waals surface area contributed by atoms with Crippen LogP contribution in [0.4, 0.5) is 5.69 Å². The first-order chi connectivity index (χ1) is 14.4. The molecule has 5 nitrogen and oxygen atoms in total. The first kappa shape index (κ1) is 19.9. The number of rotatable bonds is 4. The molecule has 0 saturated heterocycles. The molecule has 3 aromatic carbocycles. The van der Waals surface area contributed by atoms with Crippen LogP contribution < -0.4 is 5.32 Å². The summed E-state index contributed by atoms with van der Waals surface area (Å²) in [5, 5.41) is 8.00. The van der Waals surface area contributed by atoms with E-state index in [1.807, 2.05) is 62.4 Å². The first-order valence-electron chi connectivity index (χ1n) is 9.60. The topological polar surface area (TPSA) is 59.8 Å². The zero-order valence-corrected chi connectivity index (χ0v) is 17.7. The third-order valence-electron chi connectivity index (χ3n) is 5.09. The van der Waals surface area contributed by atoms with Crippen molar-refractivity contribution in [2.75, 3.05) is 5.32 Å². The summed E-state index contributed by atoms with van der Waals surface area (Å²) in [5.41, 5.74) is 5.49. The van der Waals surface area contributed by atoms with Crippen LogP contribution in [-0.4, -0.2) is 20.7 Å². The van der Waals surface area contributed by atoms with Crippen molar-refractivity contribution in [2.45, 2.75) is 20.8 Å². The van der Waals surface area contributed by atoms with Gasteiger partial charge in [-0.05, 0) is 61.7 Å². The van der Waals surface area contributed by atoms with Crippen molar-refractivity contribution in [1.82, 2.24) is 14.8 Å². The predicted molar refractivity (Wildman–Crippen MR) is 120 cm³/mol. The van der Waals surface area contributed by atoms with Gasteiger partial charge in [0, 0.05) is 16.3 Å². The van der Waals surface area contributed by atoms with Crippen LogP contribution in [0.2, 0.25) is 5.02 Å². The fourth-order valence-corrected chi connectivity index (χ4v) is 3.32. The molecule has 150 valence electrons. The third-order valence-corrected chi connectivity index (χ3v) is 5.50. The molecule has 1 amide bonds. The first-order valence-corrected chi connectivity index (χ1v) is 9.98. The van der Waals surface area contributed by atoms with Crippen LogP contribution in [0.25, 0.3) is 17.1 Å². The molecule has 4 aromatic rings. The lowest BCUT2D eigenvalue weighted by Gasteiger charge is -2.08. The molecule has 0 aliphatic rings. The molecule has 1 N–H and O–H groups in total. The molecule has 0 saturated carbocycles. The Labute approximate surface area is 180 Å². The van der Waals surface area contributed by atoms with E-state index in [-0.39, 0.29) is 11.7 Å². The Morgan fingerprint density at radius 1 is 0.933 bits per heavy atom. The van der Waals surface area contributed by atoms with Gasteiger partial charge in [-0.3, -0.25) is 4.79 Å². The van der Waals surface area contributed by atoms with Crippen molar-refractivity contribution in [3.63, 3.8) is 0 Å². The van der Waals surface area contributed by atoms with Crippen LogP contribution in [0, 0.1) is 20.8 Å². The molecule has 0 aliphatic heterocycles. The summed E-state index contributed by atoms with van der Waals surface area (Å²) in [5.74, 6) is 0.304. The number of nitrogens with one attached hydrogen (secondary N) is 1. The average Bonchev–Trinajstić information content (AvgIpc) is 3.20. The van der Waals surface area contributed by atoms with Crippen LogP contribution in [-0.2, 0) is 0 Å². The van der Waals surface area contributed by atoms with E-state index >= 15 is 0 Å². The van der Waals surface area contributed by atoms with Crippen molar-refractivity contribution in [2.24, 2.45) is 0 Å². The van der Waals surface area contributed by atoms with E-state index in [1.54, 1.807) is 22.9 Å². The minimum Gasteiger partial charge on any atom is -0.319 e. The fraction of sp³-hybridized carbons (Fsp3) is 0.125. The maximum atomic E-state index is 12.9. The highest BCUT2D eigenvalue weighted by Crippen LogP contribution is 2.25. The summed E-state index contributed by atoms with van der Waals surface area (Å²) in [7, 11) is 0. The minimum atomic E-state index is -0.389. The summed E-state index contributed by atoms with van der Waals surface area (Å²) in [4.78, 5) is 17.5. The van der Waals surface area contributed by atoms with Crippen molar-refractivity contribution in [3.8, 4) is 17.1 Å². The minimum absolute atomic E-state index is 0.0893. The number of hydrogen-bond donors (Lipinski definition) is 1. The lowest BCUT2D eigenvalue weighted by atomic mass is 10.1. The lowest BCUT2D eigenvalue weighted by molar-refractivity contribution is 0.101. The monoisotopic (exact) mass is 416 g/mol. The average molecular weight is 417 g/mol. The number of hydrogen-bond acceptors (Lipinski definition) is 3. The Morgan fingerprint density at radius 2 is 1.70 bits per heavy atom. The molecule has 0 radical (unpaired) electrons. The van der Waals surface area contributed by atoms with Gasteiger partial charge in [0.05, 0.1) is 5.69 Å². The van der Waals surface area contributed by atoms with Crippen molar-refractivity contribution in [1.29, 1.82) is 0 Å². The Balaban J connectivity index is 1.78. The lowest BCUT2D eigenvalue weighted by Crippen LogP contribution is -2.15. The summed E-state index contributed by atoms with van der Waals surface area (Å²) >= 11 is 6.17. The molecular formula is C24H21ClN4O.